The van der Waals surface area contributed by atoms with Gasteiger partial charge >= 0.3 is 0 Å². The van der Waals surface area contributed by atoms with Crippen molar-refractivity contribution in [2.75, 3.05) is 23.7 Å². The van der Waals surface area contributed by atoms with E-state index in [4.69, 9.17) is 23.2 Å². The van der Waals surface area contributed by atoms with Crippen LogP contribution in [0.3, 0.4) is 0 Å². The monoisotopic (exact) mass is 386 g/mol. The van der Waals surface area contributed by atoms with Gasteiger partial charge in [0.2, 0.25) is 0 Å². The first kappa shape index (κ1) is 17.4. The molecule has 0 saturated carbocycles. The van der Waals surface area contributed by atoms with Gasteiger partial charge in [0, 0.05) is 25.9 Å². The molecule has 26 heavy (non-hydrogen) atoms. The number of halogens is 2. The van der Waals surface area contributed by atoms with Crippen molar-refractivity contribution in [1.82, 2.24) is 0 Å². The lowest BCUT2D eigenvalue weighted by Gasteiger charge is -2.12. The summed E-state index contributed by atoms with van der Waals surface area (Å²) in [5, 5.41) is 7.99. The Morgan fingerprint density at radius 3 is 1.50 bits per heavy atom. The summed E-state index contributed by atoms with van der Waals surface area (Å²) in [6.45, 7) is 1.78. The van der Waals surface area contributed by atoms with E-state index in [0.717, 1.165) is 72.9 Å². The van der Waals surface area contributed by atoms with Crippen molar-refractivity contribution >= 4 is 46.2 Å². The second-order valence-corrected chi connectivity index (χ2v) is 7.32. The van der Waals surface area contributed by atoms with Crippen LogP contribution >= 0.6 is 23.2 Å². The summed E-state index contributed by atoms with van der Waals surface area (Å²) in [6, 6.07) is 12.0. The first-order chi connectivity index (χ1) is 12.7. The highest BCUT2D eigenvalue weighted by Crippen LogP contribution is 2.33. The molecule has 0 aliphatic carbocycles. The average Bonchev–Trinajstić information content (AvgIpc) is 3.32. The van der Waals surface area contributed by atoms with Crippen LogP contribution in [0, 0.1) is 0 Å². The Balaban J connectivity index is 1.53. The van der Waals surface area contributed by atoms with Crippen LogP contribution in [0.25, 0.3) is 11.1 Å². The Morgan fingerprint density at radius 1 is 0.692 bits per heavy atom. The van der Waals surface area contributed by atoms with Gasteiger partial charge in [0.05, 0.1) is 21.4 Å². The average molecular weight is 387 g/mol. The Morgan fingerprint density at radius 2 is 1.15 bits per heavy atom. The van der Waals surface area contributed by atoms with Crippen LogP contribution in [-0.2, 0) is 0 Å². The number of anilines is 2. The molecule has 6 heteroatoms. The predicted octanol–water partition coefficient (Wildman–Crippen LogP) is 5.87. The molecule has 2 aromatic carbocycles. The first-order valence-corrected chi connectivity index (χ1v) is 9.65. The van der Waals surface area contributed by atoms with Crippen LogP contribution in [0.1, 0.15) is 25.7 Å². The molecule has 2 aliphatic heterocycles. The summed E-state index contributed by atoms with van der Waals surface area (Å²) in [7, 11) is 0. The second kappa shape index (κ2) is 7.68. The minimum atomic E-state index is 0.677. The molecule has 0 unspecified atom stereocenters. The van der Waals surface area contributed by atoms with Gasteiger partial charge in [-0.1, -0.05) is 35.3 Å². The van der Waals surface area contributed by atoms with E-state index in [2.05, 4.69) is 20.6 Å². The number of hydrogen-bond acceptors (Lipinski definition) is 4. The third kappa shape index (κ3) is 3.87. The zero-order chi connectivity index (χ0) is 17.9. The summed E-state index contributed by atoms with van der Waals surface area (Å²) in [4.78, 5) is 8.86. The molecule has 2 aromatic rings. The van der Waals surface area contributed by atoms with Gasteiger partial charge in [-0.15, -0.1) is 0 Å². The molecule has 0 spiro atoms. The zero-order valence-electron chi connectivity index (χ0n) is 14.4. The van der Waals surface area contributed by atoms with Crippen molar-refractivity contribution in [2.45, 2.75) is 25.7 Å². The number of amidine groups is 2. The van der Waals surface area contributed by atoms with Gasteiger partial charge < -0.3 is 10.6 Å². The van der Waals surface area contributed by atoms with E-state index in [1.807, 2.05) is 36.4 Å². The zero-order valence-corrected chi connectivity index (χ0v) is 15.9. The quantitative estimate of drug-likeness (QED) is 0.692. The topological polar surface area (TPSA) is 48.8 Å². The van der Waals surface area contributed by atoms with E-state index in [9.17, 15) is 0 Å². The van der Waals surface area contributed by atoms with Crippen LogP contribution in [0.15, 0.2) is 46.4 Å². The van der Waals surface area contributed by atoms with Gasteiger partial charge in [0.25, 0.3) is 0 Å². The Labute approximate surface area is 163 Å². The molecule has 2 aliphatic rings. The van der Waals surface area contributed by atoms with Crippen LogP contribution in [-0.4, -0.2) is 24.8 Å². The third-order valence-electron chi connectivity index (χ3n) is 4.58. The van der Waals surface area contributed by atoms with Crippen LogP contribution in [0.2, 0.25) is 10.0 Å². The molecule has 0 atom stereocenters. The summed E-state index contributed by atoms with van der Waals surface area (Å²) < 4.78 is 0. The molecule has 4 rings (SSSR count). The summed E-state index contributed by atoms with van der Waals surface area (Å²) in [5.41, 5.74) is 3.83. The summed E-state index contributed by atoms with van der Waals surface area (Å²) in [5.74, 6) is 2.01. The molecule has 0 saturated heterocycles. The normalized spacial score (nSPS) is 16.4. The SMILES string of the molecule is Clc1cc(-c2ccc(NC3=NCCC3)c(Cl)c2)ccc1NC1=NCCC1. The molecular formula is C20H20Cl2N4. The van der Waals surface area contributed by atoms with E-state index in [-0.39, 0.29) is 0 Å². The van der Waals surface area contributed by atoms with E-state index >= 15 is 0 Å². The second-order valence-electron chi connectivity index (χ2n) is 6.50. The maximum atomic E-state index is 6.46. The van der Waals surface area contributed by atoms with Crippen molar-refractivity contribution in [1.29, 1.82) is 0 Å². The molecular weight excluding hydrogens is 367 g/mol. The number of hydrogen-bond donors (Lipinski definition) is 2. The highest BCUT2D eigenvalue weighted by Gasteiger charge is 2.12. The van der Waals surface area contributed by atoms with Crippen LogP contribution in [0.4, 0.5) is 11.4 Å². The molecule has 0 fully saturated rings. The van der Waals surface area contributed by atoms with Crippen molar-refractivity contribution in [3.8, 4) is 11.1 Å². The predicted molar refractivity (Wildman–Crippen MR) is 112 cm³/mol. The first-order valence-electron chi connectivity index (χ1n) is 8.89. The van der Waals surface area contributed by atoms with Crippen molar-refractivity contribution < 1.29 is 0 Å². The van der Waals surface area contributed by atoms with Gasteiger partial charge in [-0.2, -0.15) is 0 Å². The molecule has 134 valence electrons. The fourth-order valence-corrected chi connectivity index (χ4v) is 3.64. The van der Waals surface area contributed by atoms with Crippen molar-refractivity contribution in [3.63, 3.8) is 0 Å². The van der Waals surface area contributed by atoms with E-state index < -0.39 is 0 Å². The molecule has 4 nitrogen and oxygen atoms in total. The fraction of sp³-hybridized carbons (Fsp3) is 0.300. The Kier molecular flexibility index (Phi) is 5.14. The largest absolute Gasteiger partial charge is 0.343 e. The van der Waals surface area contributed by atoms with Crippen LogP contribution < -0.4 is 10.6 Å². The van der Waals surface area contributed by atoms with Gasteiger partial charge in [0.15, 0.2) is 0 Å². The third-order valence-corrected chi connectivity index (χ3v) is 5.20. The van der Waals surface area contributed by atoms with Gasteiger partial charge in [-0.25, -0.2) is 0 Å². The maximum absolute atomic E-state index is 6.46. The number of benzene rings is 2. The highest BCUT2D eigenvalue weighted by atomic mass is 35.5. The van der Waals surface area contributed by atoms with Crippen molar-refractivity contribution in [2.24, 2.45) is 9.98 Å². The Hall–Kier alpha value is -2.04. The smallest absolute Gasteiger partial charge is 0.101 e. The lowest BCUT2D eigenvalue weighted by Crippen LogP contribution is -2.08. The van der Waals surface area contributed by atoms with Gasteiger partial charge in [0.1, 0.15) is 11.7 Å². The fourth-order valence-electron chi connectivity index (χ4n) is 3.19. The van der Waals surface area contributed by atoms with Gasteiger partial charge in [-0.05, 0) is 48.2 Å². The van der Waals surface area contributed by atoms with Crippen LogP contribution in [0.5, 0.6) is 0 Å². The highest BCUT2D eigenvalue weighted by molar-refractivity contribution is 6.35. The lowest BCUT2D eigenvalue weighted by molar-refractivity contribution is 0.951. The Bertz CT molecular complexity index is 816. The number of rotatable bonds is 3. The molecule has 2 heterocycles. The van der Waals surface area contributed by atoms with E-state index in [1.54, 1.807) is 0 Å². The number of nitrogens with zero attached hydrogens (tertiary/aromatic N) is 2. The maximum Gasteiger partial charge on any atom is 0.101 e. The van der Waals surface area contributed by atoms with E-state index in [0.29, 0.717) is 10.0 Å². The van der Waals surface area contributed by atoms with Crippen molar-refractivity contribution in [3.05, 3.63) is 46.4 Å². The standard InChI is InChI=1S/C20H20Cl2N4/c21-15-11-13(5-7-17(15)25-19-3-1-9-23-19)14-6-8-18(16(22)12-14)26-20-4-2-10-24-20/h5-8,11-12H,1-4,9-10H2,(H,23,25)(H,24,26). The number of aliphatic imine (C=N–C) groups is 2. The minimum Gasteiger partial charge on any atom is -0.343 e. The summed E-state index contributed by atoms with van der Waals surface area (Å²) in [6.07, 6.45) is 4.16. The molecule has 0 radical (unpaired) electrons. The van der Waals surface area contributed by atoms with E-state index in [1.165, 1.54) is 0 Å². The molecule has 2 N–H and O–H groups in total. The number of nitrogens with one attached hydrogen (secondary N) is 2. The summed E-state index contributed by atoms with van der Waals surface area (Å²) >= 11 is 12.9. The molecule has 0 bridgehead atoms. The van der Waals surface area contributed by atoms with Gasteiger partial charge in [-0.3, -0.25) is 9.98 Å². The lowest BCUT2D eigenvalue weighted by atomic mass is 10.0. The minimum absolute atomic E-state index is 0.677. The molecule has 0 amide bonds. The molecule has 0 aromatic heterocycles.